The third-order valence-electron chi connectivity index (χ3n) is 3.11. The molecule has 0 atom stereocenters. The van der Waals surface area contributed by atoms with E-state index < -0.39 is 4.92 Å². The molecule has 1 aromatic rings. The Balaban J connectivity index is 2.23. The van der Waals surface area contributed by atoms with Crippen molar-refractivity contribution in [1.82, 2.24) is 5.32 Å². The van der Waals surface area contributed by atoms with Crippen LogP contribution in [0.25, 0.3) is 0 Å². The first kappa shape index (κ1) is 16.1. The fourth-order valence-corrected chi connectivity index (χ4v) is 1.94. The summed E-state index contributed by atoms with van der Waals surface area (Å²) in [4.78, 5) is 21.7. The fraction of sp³-hybridized carbons (Fsp3) is 0.533. The van der Waals surface area contributed by atoms with Gasteiger partial charge in [-0.25, -0.2) is 0 Å². The van der Waals surface area contributed by atoms with Crippen LogP contribution in [-0.2, 0) is 11.2 Å². The van der Waals surface area contributed by atoms with Gasteiger partial charge in [-0.3, -0.25) is 14.9 Å². The maximum Gasteiger partial charge on any atom is 0.269 e. The van der Waals surface area contributed by atoms with E-state index in [-0.39, 0.29) is 18.0 Å². The van der Waals surface area contributed by atoms with Gasteiger partial charge in [-0.15, -0.1) is 0 Å². The number of hydrogen-bond donors (Lipinski definition) is 1. The normalized spacial score (nSPS) is 10.2. The number of nitrogens with zero attached hydrogens (tertiary/aromatic N) is 1. The molecule has 0 fully saturated rings. The standard InChI is InChI=1S/C15H22N2O3/c1-2-3-4-5-6-11-16-15(18)12-13-7-9-14(10-8-13)17(19)20/h7-10H,2-6,11-12H2,1H3,(H,16,18). The molecule has 0 radical (unpaired) electrons. The van der Waals surface area contributed by atoms with Gasteiger partial charge in [0.1, 0.15) is 0 Å². The third kappa shape index (κ3) is 6.31. The van der Waals surface area contributed by atoms with E-state index in [1.54, 1.807) is 12.1 Å². The minimum atomic E-state index is -0.444. The average Bonchev–Trinajstić information content (AvgIpc) is 2.43. The Morgan fingerprint density at radius 2 is 1.80 bits per heavy atom. The molecule has 0 heterocycles. The Hall–Kier alpha value is -1.91. The molecule has 1 amide bonds. The monoisotopic (exact) mass is 278 g/mol. The van der Waals surface area contributed by atoms with Crippen molar-refractivity contribution in [3.63, 3.8) is 0 Å². The van der Waals surface area contributed by atoms with E-state index in [4.69, 9.17) is 0 Å². The van der Waals surface area contributed by atoms with Crippen LogP contribution in [-0.4, -0.2) is 17.4 Å². The Kier molecular flexibility index (Phi) is 7.32. The minimum absolute atomic E-state index is 0.0330. The lowest BCUT2D eigenvalue weighted by Gasteiger charge is -2.05. The van der Waals surface area contributed by atoms with Crippen LogP contribution in [0.2, 0.25) is 0 Å². The van der Waals surface area contributed by atoms with Crippen molar-refractivity contribution in [3.8, 4) is 0 Å². The van der Waals surface area contributed by atoms with Gasteiger partial charge >= 0.3 is 0 Å². The second-order valence-corrected chi connectivity index (χ2v) is 4.86. The molecule has 1 aromatic carbocycles. The number of rotatable bonds is 9. The molecule has 0 aliphatic heterocycles. The lowest BCUT2D eigenvalue weighted by atomic mass is 10.1. The number of carbonyl (C=O) groups is 1. The molecule has 0 saturated carbocycles. The zero-order valence-electron chi connectivity index (χ0n) is 11.9. The number of unbranched alkanes of at least 4 members (excludes halogenated alkanes) is 4. The lowest BCUT2D eigenvalue weighted by molar-refractivity contribution is -0.384. The molecule has 0 saturated heterocycles. The van der Waals surface area contributed by atoms with Gasteiger partial charge in [0, 0.05) is 18.7 Å². The Morgan fingerprint density at radius 1 is 1.15 bits per heavy atom. The summed E-state index contributed by atoms with van der Waals surface area (Å²) in [6, 6.07) is 6.10. The highest BCUT2D eigenvalue weighted by atomic mass is 16.6. The largest absolute Gasteiger partial charge is 0.356 e. The summed E-state index contributed by atoms with van der Waals surface area (Å²) < 4.78 is 0. The molecule has 0 aromatic heterocycles. The van der Waals surface area contributed by atoms with Gasteiger partial charge in [0.25, 0.3) is 5.69 Å². The van der Waals surface area contributed by atoms with Gasteiger partial charge in [-0.2, -0.15) is 0 Å². The first-order chi connectivity index (χ1) is 9.63. The van der Waals surface area contributed by atoms with Crippen LogP contribution in [0.3, 0.4) is 0 Å². The highest BCUT2D eigenvalue weighted by molar-refractivity contribution is 5.78. The number of amides is 1. The van der Waals surface area contributed by atoms with Crippen LogP contribution in [0.15, 0.2) is 24.3 Å². The molecule has 0 unspecified atom stereocenters. The fourth-order valence-electron chi connectivity index (χ4n) is 1.94. The average molecular weight is 278 g/mol. The molecular formula is C15H22N2O3. The number of nitro benzene ring substituents is 1. The highest BCUT2D eigenvalue weighted by Gasteiger charge is 2.06. The summed E-state index contributed by atoms with van der Waals surface area (Å²) in [5.41, 5.74) is 0.837. The molecule has 0 bridgehead atoms. The van der Waals surface area contributed by atoms with Crippen LogP contribution < -0.4 is 5.32 Å². The molecule has 1 rings (SSSR count). The van der Waals surface area contributed by atoms with Gasteiger partial charge in [0.15, 0.2) is 0 Å². The van der Waals surface area contributed by atoms with Crippen molar-refractivity contribution < 1.29 is 9.72 Å². The summed E-state index contributed by atoms with van der Waals surface area (Å²) >= 11 is 0. The SMILES string of the molecule is CCCCCCCNC(=O)Cc1ccc([N+](=O)[O-])cc1. The number of nitrogens with one attached hydrogen (secondary N) is 1. The number of hydrogen-bond acceptors (Lipinski definition) is 3. The van der Waals surface area contributed by atoms with E-state index in [1.807, 2.05) is 0 Å². The van der Waals surface area contributed by atoms with E-state index in [9.17, 15) is 14.9 Å². The van der Waals surface area contributed by atoms with Crippen LogP contribution in [0, 0.1) is 10.1 Å². The van der Waals surface area contributed by atoms with Crippen molar-refractivity contribution in [2.24, 2.45) is 0 Å². The summed E-state index contributed by atoms with van der Waals surface area (Å²) in [5, 5.41) is 13.4. The molecule has 110 valence electrons. The zero-order valence-corrected chi connectivity index (χ0v) is 11.9. The third-order valence-corrected chi connectivity index (χ3v) is 3.11. The summed E-state index contributed by atoms with van der Waals surface area (Å²) in [6.07, 6.45) is 6.10. The molecule has 0 aliphatic rings. The van der Waals surface area contributed by atoms with Gasteiger partial charge in [0.05, 0.1) is 11.3 Å². The van der Waals surface area contributed by atoms with E-state index in [0.717, 1.165) is 18.4 Å². The molecule has 1 N–H and O–H groups in total. The van der Waals surface area contributed by atoms with Crippen molar-refractivity contribution in [1.29, 1.82) is 0 Å². The first-order valence-electron chi connectivity index (χ1n) is 7.13. The van der Waals surface area contributed by atoms with Crippen molar-refractivity contribution in [2.45, 2.75) is 45.4 Å². The van der Waals surface area contributed by atoms with Gasteiger partial charge in [-0.05, 0) is 12.0 Å². The number of nitro groups is 1. The van der Waals surface area contributed by atoms with Crippen molar-refractivity contribution in [3.05, 3.63) is 39.9 Å². The maximum atomic E-state index is 11.7. The van der Waals surface area contributed by atoms with E-state index in [1.165, 1.54) is 31.4 Å². The Morgan fingerprint density at radius 3 is 2.40 bits per heavy atom. The first-order valence-corrected chi connectivity index (χ1v) is 7.13. The smallest absolute Gasteiger partial charge is 0.269 e. The molecule has 5 nitrogen and oxygen atoms in total. The highest BCUT2D eigenvalue weighted by Crippen LogP contribution is 2.12. The number of non-ortho nitro benzene ring substituents is 1. The summed E-state index contributed by atoms with van der Waals surface area (Å²) in [6.45, 7) is 2.88. The zero-order chi connectivity index (χ0) is 14.8. The van der Waals surface area contributed by atoms with Crippen molar-refractivity contribution in [2.75, 3.05) is 6.54 Å². The van der Waals surface area contributed by atoms with Gasteiger partial charge < -0.3 is 5.32 Å². The molecular weight excluding hydrogens is 256 g/mol. The molecule has 0 aliphatic carbocycles. The second-order valence-electron chi connectivity index (χ2n) is 4.86. The van der Waals surface area contributed by atoms with Gasteiger partial charge in [-0.1, -0.05) is 44.7 Å². The second kappa shape index (κ2) is 9.07. The van der Waals surface area contributed by atoms with Crippen LogP contribution in [0.4, 0.5) is 5.69 Å². The van der Waals surface area contributed by atoms with E-state index in [2.05, 4.69) is 12.2 Å². The number of benzene rings is 1. The predicted octanol–water partition coefficient (Wildman–Crippen LogP) is 3.22. The lowest BCUT2D eigenvalue weighted by Crippen LogP contribution is -2.26. The summed E-state index contributed by atoms with van der Waals surface area (Å²) in [7, 11) is 0. The Bertz CT molecular complexity index is 429. The predicted molar refractivity (Wildman–Crippen MR) is 78.6 cm³/mol. The summed E-state index contributed by atoms with van der Waals surface area (Å²) in [5.74, 6) is -0.0330. The van der Waals surface area contributed by atoms with Crippen LogP contribution in [0.1, 0.15) is 44.6 Å². The molecule has 20 heavy (non-hydrogen) atoms. The molecule has 0 spiro atoms. The Labute approximate surface area is 119 Å². The maximum absolute atomic E-state index is 11.7. The van der Waals surface area contributed by atoms with E-state index in [0.29, 0.717) is 6.54 Å². The van der Waals surface area contributed by atoms with Crippen molar-refractivity contribution >= 4 is 11.6 Å². The van der Waals surface area contributed by atoms with Crippen LogP contribution >= 0.6 is 0 Å². The van der Waals surface area contributed by atoms with Gasteiger partial charge in [0.2, 0.25) is 5.91 Å². The van der Waals surface area contributed by atoms with Crippen LogP contribution in [0.5, 0.6) is 0 Å². The number of carbonyl (C=O) groups excluding carboxylic acids is 1. The quantitative estimate of drug-likeness (QED) is 0.428. The molecule has 5 heteroatoms. The van der Waals surface area contributed by atoms with E-state index >= 15 is 0 Å². The topological polar surface area (TPSA) is 72.2 Å². The minimum Gasteiger partial charge on any atom is -0.356 e.